The number of carbonyl (C=O) groups is 1. The summed E-state index contributed by atoms with van der Waals surface area (Å²) in [6.07, 6.45) is 3.26. The van der Waals surface area contributed by atoms with Gasteiger partial charge < -0.3 is 9.88 Å². The molecule has 9 heteroatoms. The van der Waals surface area contributed by atoms with Crippen molar-refractivity contribution < 1.29 is 9.18 Å². The van der Waals surface area contributed by atoms with Gasteiger partial charge in [0.15, 0.2) is 0 Å². The number of fused-ring (bicyclic) bond motifs is 1. The Morgan fingerprint density at radius 2 is 2.07 bits per heavy atom. The van der Waals surface area contributed by atoms with Crippen LogP contribution in [0.5, 0.6) is 0 Å². The fourth-order valence-electron chi connectivity index (χ4n) is 2.90. The fraction of sp³-hybridized carbons (Fsp3) is 0.111. The molecule has 27 heavy (non-hydrogen) atoms. The van der Waals surface area contributed by atoms with Crippen LogP contribution in [0.15, 0.2) is 55.0 Å². The van der Waals surface area contributed by atoms with E-state index < -0.39 is 0 Å². The van der Waals surface area contributed by atoms with Gasteiger partial charge in [-0.15, -0.1) is 5.10 Å². The minimum absolute atomic E-state index is 0.278. The van der Waals surface area contributed by atoms with Gasteiger partial charge in [-0.3, -0.25) is 4.79 Å². The van der Waals surface area contributed by atoms with Crippen molar-refractivity contribution >= 4 is 28.4 Å². The van der Waals surface area contributed by atoms with Gasteiger partial charge in [0.25, 0.3) is 5.91 Å². The number of carbonyl (C=O) groups excluding carboxylic acids is 1. The van der Waals surface area contributed by atoms with Crippen molar-refractivity contribution in [3.63, 3.8) is 0 Å². The standard InChI is InChI=1S/C18H14ClFN6O/c19-13-2-4-15(17(9-13)26-11-22-23-24-26)18(27)21-6-8-25-7-5-12-1-3-14(20)10-16(12)25/h1-5,7,9-11H,6,8H2,(H,21,27). The van der Waals surface area contributed by atoms with Crippen molar-refractivity contribution in [2.24, 2.45) is 0 Å². The maximum atomic E-state index is 13.5. The Labute approximate surface area is 158 Å². The lowest BCUT2D eigenvalue weighted by molar-refractivity contribution is 0.0952. The van der Waals surface area contributed by atoms with Crippen LogP contribution in [0.1, 0.15) is 10.4 Å². The van der Waals surface area contributed by atoms with E-state index in [1.165, 1.54) is 23.1 Å². The number of hydrogen-bond acceptors (Lipinski definition) is 4. The number of hydrogen-bond donors (Lipinski definition) is 1. The van der Waals surface area contributed by atoms with E-state index in [0.717, 1.165) is 10.9 Å². The molecule has 4 rings (SSSR count). The normalized spacial score (nSPS) is 11.0. The predicted molar refractivity (Wildman–Crippen MR) is 98.4 cm³/mol. The maximum absolute atomic E-state index is 13.5. The summed E-state index contributed by atoms with van der Waals surface area (Å²) >= 11 is 6.03. The highest BCUT2D eigenvalue weighted by molar-refractivity contribution is 6.31. The Balaban J connectivity index is 1.49. The van der Waals surface area contributed by atoms with E-state index in [4.69, 9.17) is 11.6 Å². The topological polar surface area (TPSA) is 77.6 Å². The minimum Gasteiger partial charge on any atom is -0.350 e. The Morgan fingerprint density at radius 3 is 2.89 bits per heavy atom. The number of nitrogens with zero attached hydrogens (tertiary/aromatic N) is 5. The molecule has 2 aromatic heterocycles. The maximum Gasteiger partial charge on any atom is 0.253 e. The second-order valence-corrected chi connectivity index (χ2v) is 6.32. The van der Waals surface area contributed by atoms with E-state index in [-0.39, 0.29) is 11.7 Å². The lowest BCUT2D eigenvalue weighted by atomic mass is 10.1. The molecule has 4 aromatic rings. The molecular weight excluding hydrogens is 371 g/mol. The minimum atomic E-state index is -0.293. The molecule has 2 aromatic carbocycles. The van der Waals surface area contributed by atoms with Crippen molar-refractivity contribution in [1.82, 2.24) is 30.1 Å². The van der Waals surface area contributed by atoms with E-state index in [2.05, 4.69) is 20.8 Å². The van der Waals surface area contributed by atoms with Gasteiger partial charge in [0.05, 0.1) is 16.8 Å². The summed E-state index contributed by atoms with van der Waals surface area (Å²) in [5.74, 6) is -0.571. The van der Waals surface area contributed by atoms with Crippen LogP contribution < -0.4 is 5.32 Å². The Kier molecular flexibility index (Phi) is 4.55. The van der Waals surface area contributed by atoms with Crippen LogP contribution >= 0.6 is 11.6 Å². The molecule has 0 bridgehead atoms. The number of benzene rings is 2. The van der Waals surface area contributed by atoms with Gasteiger partial charge in [0, 0.05) is 24.3 Å². The van der Waals surface area contributed by atoms with Gasteiger partial charge in [0.2, 0.25) is 0 Å². The molecule has 0 fully saturated rings. The Hall–Kier alpha value is -3.26. The first-order valence-electron chi connectivity index (χ1n) is 8.17. The Bertz CT molecular complexity index is 1110. The van der Waals surface area contributed by atoms with Gasteiger partial charge in [-0.05, 0) is 58.3 Å². The third-order valence-electron chi connectivity index (χ3n) is 4.17. The molecular formula is C18H14ClFN6O. The number of aromatic nitrogens is 5. The molecule has 0 aliphatic carbocycles. The highest BCUT2D eigenvalue weighted by atomic mass is 35.5. The molecule has 136 valence electrons. The molecule has 0 aliphatic rings. The highest BCUT2D eigenvalue weighted by Gasteiger charge is 2.14. The number of halogens is 2. The molecule has 0 atom stereocenters. The monoisotopic (exact) mass is 384 g/mol. The van der Waals surface area contributed by atoms with Crippen LogP contribution in [0.4, 0.5) is 4.39 Å². The van der Waals surface area contributed by atoms with E-state index in [1.54, 1.807) is 24.3 Å². The van der Waals surface area contributed by atoms with Gasteiger partial charge >= 0.3 is 0 Å². The average Bonchev–Trinajstić information content (AvgIpc) is 3.32. The summed E-state index contributed by atoms with van der Waals surface area (Å²) in [5, 5.41) is 15.3. The van der Waals surface area contributed by atoms with E-state index in [0.29, 0.717) is 29.4 Å². The largest absolute Gasteiger partial charge is 0.350 e. The van der Waals surface area contributed by atoms with Gasteiger partial charge in [0.1, 0.15) is 12.1 Å². The van der Waals surface area contributed by atoms with Crippen molar-refractivity contribution in [1.29, 1.82) is 0 Å². The molecule has 1 amide bonds. The van der Waals surface area contributed by atoms with Crippen molar-refractivity contribution in [3.05, 3.63) is 71.4 Å². The van der Waals surface area contributed by atoms with Crippen LogP contribution in [0.25, 0.3) is 16.6 Å². The third-order valence-corrected chi connectivity index (χ3v) is 4.41. The SMILES string of the molecule is O=C(NCCn1ccc2ccc(F)cc21)c1ccc(Cl)cc1-n1cnnn1. The van der Waals surface area contributed by atoms with Crippen molar-refractivity contribution in [2.45, 2.75) is 6.54 Å². The molecule has 1 N–H and O–H groups in total. The number of tetrazole rings is 1. The first-order chi connectivity index (χ1) is 13.1. The quantitative estimate of drug-likeness (QED) is 0.574. The van der Waals surface area contributed by atoms with Crippen LogP contribution in [-0.4, -0.2) is 37.2 Å². The summed E-state index contributed by atoms with van der Waals surface area (Å²) in [7, 11) is 0. The zero-order valence-electron chi connectivity index (χ0n) is 14.0. The Morgan fingerprint density at radius 1 is 1.19 bits per heavy atom. The summed E-state index contributed by atoms with van der Waals surface area (Å²) in [6, 6.07) is 11.4. The van der Waals surface area contributed by atoms with Crippen LogP contribution in [0.2, 0.25) is 5.02 Å². The van der Waals surface area contributed by atoms with E-state index in [9.17, 15) is 9.18 Å². The summed E-state index contributed by atoms with van der Waals surface area (Å²) in [4.78, 5) is 12.6. The number of rotatable bonds is 5. The van der Waals surface area contributed by atoms with E-state index >= 15 is 0 Å². The second kappa shape index (κ2) is 7.16. The third kappa shape index (κ3) is 3.52. The molecule has 0 unspecified atom stereocenters. The zero-order chi connectivity index (χ0) is 18.8. The van der Waals surface area contributed by atoms with Crippen LogP contribution in [-0.2, 0) is 6.54 Å². The molecule has 0 aliphatic heterocycles. The van der Waals surface area contributed by atoms with Crippen LogP contribution in [0, 0.1) is 5.82 Å². The molecule has 0 radical (unpaired) electrons. The molecule has 2 heterocycles. The predicted octanol–water partition coefficient (Wildman–Crippen LogP) is 2.84. The van der Waals surface area contributed by atoms with Crippen LogP contribution in [0.3, 0.4) is 0 Å². The zero-order valence-corrected chi connectivity index (χ0v) is 14.8. The molecule has 0 saturated carbocycles. The first-order valence-corrected chi connectivity index (χ1v) is 8.55. The van der Waals surface area contributed by atoms with Crippen molar-refractivity contribution in [2.75, 3.05) is 6.54 Å². The smallest absolute Gasteiger partial charge is 0.253 e. The molecule has 7 nitrogen and oxygen atoms in total. The van der Waals surface area contributed by atoms with Gasteiger partial charge in [-0.2, -0.15) is 4.68 Å². The lowest BCUT2D eigenvalue weighted by Gasteiger charge is -2.11. The second-order valence-electron chi connectivity index (χ2n) is 5.88. The first kappa shape index (κ1) is 17.2. The number of amides is 1. The molecule has 0 saturated heterocycles. The highest BCUT2D eigenvalue weighted by Crippen LogP contribution is 2.19. The lowest BCUT2D eigenvalue weighted by Crippen LogP contribution is -2.28. The average molecular weight is 385 g/mol. The van der Waals surface area contributed by atoms with Gasteiger partial charge in [-0.25, -0.2) is 4.39 Å². The summed E-state index contributed by atoms with van der Waals surface area (Å²) < 4.78 is 16.7. The number of nitrogens with one attached hydrogen (secondary N) is 1. The van der Waals surface area contributed by atoms with E-state index in [1.807, 2.05) is 16.8 Å². The summed E-state index contributed by atoms with van der Waals surface area (Å²) in [6.45, 7) is 0.878. The van der Waals surface area contributed by atoms with Gasteiger partial charge in [-0.1, -0.05) is 11.6 Å². The summed E-state index contributed by atoms with van der Waals surface area (Å²) in [5.41, 5.74) is 1.67. The fourth-order valence-corrected chi connectivity index (χ4v) is 3.06. The van der Waals surface area contributed by atoms with Crippen molar-refractivity contribution in [3.8, 4) is 5.69 Å². The molecule has 0 spiro atoms.